The van der Waals surface area contributed by atoms with E-state index < -0.39 is 17.9 Å². The first-order valence-electron chi connectivity index (χ1n) is 3.69. The molecule has 14 heavy (non-hydrogen) atoms. The molecule has 0 unspecified atom stereocenters. The lowest BCUT2D eigenvalue weighted by atomic mass is 10.00. The molecule has 0 spiro atoms. The topological polar surface area (TPSA) is 80.3 Å². The van der Waals surface area contributed by atoms with Gasteiger partial charge in [0.25, 0.3) is 0 Å². The Morgan fingerprint density at radius 3 is 1.86 bits per heavy atom. The fourth-order valence-corrected chi connectivity index (χ4v) is 1.29. The Kier molecular flexibility index (Phi) is 3.24. The number of carboxylic acids is 2. The molecule has 0 aliphatic rings. The van der Waals surface area contributed by atoms with Gasteiger partial charge in [-0.1, -0.05) is 28.1 Å². The number of hydrogen-bond donors (Lipinski definition) is 0. The second-order valence-electron chi connectivity index (χ2n) is 2.62. The lowest BCUT2D eigenvalue weighted by molar-refractivity contribution is -0.326. The number of carboxylic acid groups (broad SMARTS) is 2. The second kappa shape index (κ2) is 4.23. The molecule has 0 N–H and O–H groups in total. The molecule has 0 amide bonds. The molecule has 1 aromatic rings. The molecule has 0 bridgehead atoms. The summed E-state index contributed by atoms with van der Waals surface area (Å²) in [6.07, 6.45) is 0. The lowest BCUT2D eigenvalue weighted by Crippen LogP contribution is -2.41. The second-order valence-corrected chi connectivity index (χ2v) is 3.54. The Morgan fingerprint density at radius 2 is 1.50 bits per heavy atom. The van der Waals surface area contributed by atoms with Crippen LogP contribution in [-0.2, 0) is 9.59 Å². The van der Waals surface area contributed by atoms with Crippen LogP contribution < -0.4 is 10.2 Å². The van der Waals surface area contributed by atoms with E-state index in [1.165, 1.54) is 12.1 Å². The molecule has 0 fully saturated rings. The summed E-state index contributed by atoms with van der Waals surface area (Å²) in [5, 5.41) is 21.0. The van der Waals surface area contributed by atoms with Gasteiger partial charge in [0, 0.05) is 4.47 Å². The van der Waals surface area contributed by atoms with Gasteiger partial charge in [-0.2, -0.15) is 0 Å². The first kappa shape index (κ1) is 10.7. The molecule has 0 saturated heterocycles. The van der Waals surface area contributed by atoms with Gasteiger partial charge in [0.05, 0.1) is 17.9 Å². The number of rotatable bonds is 3. The summed E-state index contributed by atoms with van der Waals surface area (Å²) < 4.78 is 0.733. The minimum atomic E-state index is -1.72. The number of carbonyl (C=O) groups is 2. The smallest absolute Gasteiger partial charge is 0.0632 e. The average molecular weight is 257 g/mol. The van der Waals surface area contributed by atoms with E-state index >= 15 is 0 Å². The van der Waals surface area contributed by atoms with Crippen LogP contribution in [0.3, 0.4) is 0 Å². The molecule has 0 aromatic heterocycles. The van der Waals surface area contributed by atoms with E-state index in [1.807, 2.05) is 0 Å². The minimum Gasteiger partial charge on any atom is -0.549 e. The van der Waals surface area contributed by atoms with Gasteiger partial charge in [0.2, 0.25) is 0 Å². The van der Waals surface area contributed by atoms with Gasteiger partial charge in [-0.3, -0.25) is 0 Å². The summed E-state index contributed by atoms with van der Waals surface area (Å²) in [6.45, 7) is 0. The summed E-state index contributed by atoms with van der Waals surface area (Å²) in [6, 6.07) is 5.88. The zero-order chi connectivity index (χ0) is 10.7. The van der Waals surface area contributed by atoms with Gasteiger partial charge >= 0.3 is 0 Å². The SMILES string of the molecule is O=C([O-])C(C(=O)[O-])c1ccc(Br)cc1. The van der Waals surface area contributed by atoms with E-state index in [9.17, 15) is 19.8 Å². The van der Waals surface area contributed by atoms with Crippen LogP contribution in [0.25, 0.3) is 0 Å². The largest absolute Gasteiger partial charge is 0.549 e. The Labute approximate surface area is 88.3 Å². The molecule has 5 heteroatoms. The Morgan fingerprint density at radius 1 is 1.07 bits per heavy atom. The quantitative estimate of drug-likeness (QED) is 0.652. The van der Waals surface area contributed by atoms with Crippen molar-refractivity contribution in [2.75, 3.05) is 0 Å². The third-order valence-corrected chi connectivity index (χ3v) is 2.20. The highest BCUT2D eigenvalue weighted by atomic mass is 79.9. The fraction of sp³-hybridized carbons (Fsp3) is 0.111. The van der Waals surface area contributed by atoms with Crippen molar-refractivity contribution in [1.82, 2.24) is 0 Å². The Balaban J connectivity index is 3.06. The average Bonchev–Trinajstić information content (AvgIpc) is 2.07. The monoisotopic (exact) mass is 256 g/mol. The summed E-state index contributed by atoms with van der Waals surface area (Å²) in [5.74, 6) is -5.07. The van der Waals surface area contributed by atoms with E-state index in [0.717, 1.165) is 4.47 Å². The maximum absolute atomic E-state index is 10.5. The van der Waals surface area contributed by atoms with Gasteiger partial charge in [-0.05, 0) is 17.7 Å². The van der Waals surface area contributed by atoms with Crippen molar-refractivity contribution in [2.24, 2.45) is 0 Å². The molecular weight excluding hydrogens is 252 g/mol. The highest BCUT2D eigenvalue weighted by Gasteiger charge is 2.13. The molecular formula is C9H5BrO4-2. The number of carbonyl (C=O) groups excluding carboxylic acids is 2. The van der Waals surface area contributed by atoms with Crippen LogP contribution in [0.5, 0.6) is 0 Å². The normalized spacial score (nSPS) is 10.1. The maximum Gasteiger partial charge on any atom is 0.0632 e. The highest BCUT2D eigenvalue weighted by molar-refractivity contribution is 9.10. The van der Waals surface area contributed by atoms with Gasteiger partial charge in [-0.15, -0.1) is 0 Å². The van der Waals surface area contributed by atoms with Gasteiger partial charge in [0.15, 0.2) is 0 Å². The maximum atomic E-state index is 10.5. The molecule has 1 rings (SSSR count). The standard InChI is InChI=1S/C9H7BrO4/c10-6-3-1-5(2-4-6)7(8(11)12)9(13)14/h1-4,7H,(H,11,12)(H,13,14)/p-2. The van der Waals surface area contributed by atoms with Crippen LogP contribution in [0.1, 0.15) is 11.5 Å². The van der Waals surface area contributed by atoms with E-state index in [2.05, 4.69) is 15.9 Å². The zero-order valence-electron chi connectivity index (χ0n) is 6.90. The number of benzene rings is 1. The van der Waals surface area contributed by atoms with Crippen molar-refractivity contribution in [1.29, 1.82) is 0 Å². The van der Waals surface area contributed by atoms with Crippen molar-refractivity contribution in [3.05, 3.63) is 34.3 Å². The molecule has 1 aromatic carbocycles. The van der Waals surface area contributed by atoms with Crippen LogP contribution in [0.4, 0.5) is 0 Å². The highest BCUT2D eigenvalue weighted by Crippen LogP contribution is 2.17. The Hall–Kier alpha value is -1.36. The van der Waals surface area contributed by atoms with Crippen molar-refractivity contribution >= 4 is 27.9 Å². The molecule has 0 aliphatic carbocycles. The molecule has 0 atom stereocenters. The molecule has 4 nitrogen and oxygen atoms in total. The van der Waals surface area contributed by atoms with E-state index in [0.29, 0.717) is 0 Å². The van der Waals surface area contributed by atoms with Crippen LogP contribution in [-0.4, -0.2) is 11.9 Å². The van der Waals surface area contributed by atoms with Crippen LogP contribution >= 0.6 is 15.9 Å². The van der Waals surface area contributed by atoms with Crippen molar-refractivity contribution in [2.45, 2.75) is 5.92 Å². The molecule has 0 saturated carbocycles. The predicted octanol–water partition coefficient (Wildman–Crippen LogP) is -0.968. The lowest BCUT2D eigenvalue weighted by Gasteiger charge is -2.19. The minimum absolute atomic E-state index is 0.133. The number of hydrogen-bond acceptors (Lipinski definition) is 4. The Bertz CT molecular complexity index is 344. The van der Waals surface area contributed by atoms with Gasteiger partial charge < -0.3 is 19.8 Å². The van der Waals surface area contributed by atoms with Crippen molar-refractivity contribution in [3.8, 4) is 0 Å². The van der Waals surface area contributed by atoms with E-state index in [1.54, 1.807) is 12.1 Å². The molecule has 74 valence electrons. The van der Waals surface area contributed by atoms with Crippen LogP contribution in [0, 0.1) is 0 Å². The number of halogens is 1. The van der Waals surface area contributed by atoms with Crippen molar-refractivity contribution in [3.63, 3.8) is 0 Å². The molecule has 0 radical (unpaired) electrons. The third-order valence-electron chi connectivity index (χ3n) is 1.67. The first-order chi connectivity index (χ1) is 6.52. The molecule has 0 heterocycles. The van der Waals surface area contributed by atoms with Gasteiger partial charge in [-0.25, -0.2) is 0 Å². The molecule has 0 aliphatic heterocycles. The van der Waals surface area contributed by atoms with E-state index in [-0.39, 0.29) is 5.56 Å². The number of aliphatic carboxylic acids is 2. The van der Waals surface area contributed by atoms with Crippen LogP contribution in [0.15, 0.2) is 28.7 Å². The summed E-state index contributed by atoms with van der Waals surface area (Å²) in [7, 11) is 0. The summed E-state index contributed by atoms with van der Waals surface area (Å²) in [4.78, 5) is 21.0. The fourth-order valence-electron chi connectivity index (χ4n) is 1.02. The predicted molar refractivity (Wildman–Crippen MR) is 46.9 cm³/mol. The van der Waals surface area contributed by atoms with E-state index in [4.69, 9.17) is 0 Å². The van der Waals surface area contributed by atoms with Crippen LogP contribution in [0.2, 0.25) is 0 Å². The summed E-state index contributed by atoms with van der Waals surface area (Å²) >= 11 is 3.14. The van der Waals surface area contributed by atoms with Gasteiger partial charge in [0.1, 0.15) is 0 Å². The first-order valence-corrected chi connectivity index (χ1v) is 4.49. The third kappa shape index (κ3) is 2.32. The summed E-state index contributed by atoms with van der Waals surface area (Å²) in [5.41, 5.74) is 0.133. The van der Waals surface area contributed by atoms with Crippen molar-refractivity contribution < 1.29 is 19.8 Å². The zero-order valence-corrected chi connectivity index (χ0v) is 8.48.